The molecule has 0 bridgehead atoms. The molecule has 2 aliphatic carbocycles. The lowest BCUT2D eigenvalue weighted by atomic mass is 9.61. The summed E-state index contributed by atoms with van der Waals surface area (Å²) in [6.07, 6.45) is 5.25. The molecule has 0 amide bonds. The van der Waals surface area contributed by atoms with Gasteiger partial charge in [-0.15, -0.1) is 10.2 Å². The standard InChI is InChI=1S/C29H31F3N6O/c1-36-17-33-35-27(36)28(15-29(31,32)16-28)19-3-2-4-22(11-19)38-14-24(18-5-6-18)23-12-21(34-25(23)26(38)39)13-37-9-7-20(30)8-10-37/h2-4,11-12,14,17-18,20,34H,5-10,13,15-16H2,1H3. The number of likely N-dealkylation sites (tertiary alicyclic amines) is 1. The normalized spacial score (nSPS) is 21.3. The monoisotopic (exact) mass is 536 g/mol. The molecule has 3 aliphatic rings. The van der Waals surface area contributed by atoms with Gasteiger partial charge in [0.25, 0.3) is 11.5 Å². The second-order valence-corrected chi connectivity index (χ2v) is 11.7. The summed E-state index contributed by atoms with van der Waals surface area (Å²) in [6, 6.07) is 9.43. The molecule has 3 fully saturated rings. The van der Waals surface area contributed by atoms with E-state index in [1.54, 1.807) is 16.2 Å². The lowest BCUT2D eigenvalue weighted by molar-refractivity contribution is -0.116. The Hall–Kier alpha value is -3.40. The van der Waals surface area contributed by atoms with Crippen molar-refractivity contribution in [1.82, 2.24) is 29.2 Å². The van der Waals surface area contributed by atoms with Gasteiger partial charge >= 0.3 is 0 Å². The summed E-state index contributed by atoms with van der Waals surface area (Å²) in [5.74, 6) is -1.89. The molecule has 204 valence electrons. The van der Waals surface area contributed by atoms with Crippen LogP contribution in [0.15, 0.2) is 47.7 Å². The Morgan fingerprint density at radius 1 is 1.10 bits per heavy atom. The number of halogens is 3. The van der Waals surface area contributed by atoms with Crippen LogP contribution in [0.2, 0.25) is 0 Å². The van der Waals surface area contributed by atoms with Gasteiger partial charge in [0, 0.05) is 62.5 Å². The highest BCUT2D eigenvalue weighted by Gasteiger charge is 2.60. The Balaban J connectivity index is 1.30. The summed E-state index contributed by atoms with van der Waals surface area (Å²) in [4.78, 5) is 19.4. The van der Waals surface area contributed by atoms with Crippen LogP contribution in [-0.2, 0) is 19.0 Å². The summed E-state index contributed by atoms with van der Waals surface area (Å²) in [6.45, 7) is 2.06. The highest BCUT2D eigenvalue weighted by molar-refractivity contribution is 5.84. The van der Waals surface area contributed by atoms with Gasteiger partial charge in [-0.2, -0.15) is 0 Å². The van der Waals surface area contributed by atoms with Crippen LogP contribution in [0.3, 0.4) is 0 Å². The number of alkyl halides is 3. The molecule has 10 heteroatoms. The van der Waals surface area contributed by atoms with Gasteiger partial charge in [-0.05, 0) is 60.9 Å². The predicted octanol–water partition coefficient (Wildman–Crippen LogP) is 4.97. The lowest BCUT2D eigenvalue weighted by Crippen LogP contribution is -2.51. The van der Waals surface area contributed by atoms with Crippen LogP contribution in [0, 0.1) is 0 Å². The van der Waals surface area contributed by atoms with Gasteiger partial charge in [0.1, 0.15) is 23.8 Å². The van der Waals surface area contributed by atoms with Crippen molar-refractivity contribution in [3.8, 4) is 5.69 Å². The highest BCUT2D eigenvalue weighted by Crippen LogP contribution is 2.56. The van der Waals surface area contributed by atoms with E-state index in [4.69, 9.17) is 0 Å². The zero-order valence-electron chi connectivity index (χ0n) is 21.8. The third-order valence-electron chi connectivity index (χ3n) is 8.75. The first kappa shape index (κ1) is 24.6. The third-order valence-corrected chi connectivity index (χ3v) is 8.75. The molecule has 4 heterocycles. The third kappa shape index (κ3) is 4.20. The number of hydrogen-bond donors (Lipinski definition) is 1. The molecule has 0 spiro atoms. The maximum Gasteiger partial charge on any atom is 0.279 e. The molecule has 3 aromatic heterocycles. The van der Waals surface area contributed by atoms with E-state index in [0.717, 1.165) is 29.5 Å². The van der Waals surface area contributed by atoms with Crippen LogP contribution in [-0.4, -0.2) is 54.4 Å². The SMILES string of the molecule is Cn1cnnc1C1(c2cccc(-n3cc(C4CC4)c4cc(CN5CCC(F)CC5)[nH]c4c3=O)c2)CC(F)(F)C1. The van der Waals surface area contributed by atoms with Gasteiger partial charge in [0.2, 0.25) is 0 Å². The molecule has 4 aromatic rings. The van der Waals surface area contributed by atoms with Crippen LogP contribution < -0.4 is 5.56 Å². The molecule has 0 unspecified atom stereocenters. The van der Waals surface area contributed by atoms with Crippen LogP contribution in [0.25, 0.3) is 16.6 Å². The van der Waals surface area contributed by atoms with E-state index in [9.17, 15) is 18.0 Å². The van der Waals surface area contributed by atoms with Crippen molar-refractivity contribution in [3.63, 3.8) is 0 Å². The number of hydrogen-bond acceptors (Lipinski definition) is 4. The predicted molar refractivity (Wildman–Crippen MR) is 141 cm³/mol. The zero-order chi connectivity index (χ0) is 26.9. The van der Waals surface area contributed by atoms with Crippen molar-refractivity contribution < 1.29 is 13.2 Å². The number of H-pyrrole nitrogens is 1. The van der Waals surface area contributed by atoms with Crippen molar-refractivity contribution in [2.75, 3.05) is 13.1 Å². The molecule has 7 nitrogen and oxygen atoms in total. The minimum Gasteiger partial charge on any atom is -0.353 e. The second-order valence-electron chi connectivity index (χ2n) is 11.7. The largest absolute Gasteiger partial charge is 0.353 e. The molecule has 0 radical (unpaired) electrons. The second kappa shape index (κ2) is 8.81. The Morgan fingerprint density at radius 3 is 2.54 bits per heavy atom. The summed E-state index contributed by atoms with van der Waals surface area (Å²) in [5.41, 5.74) is 2.82. The molecular formula is C29H31F3N6O. The first-order valence-electron chi connectivity index (χ1n) is 13.7. The Morgan fingerprint density at radius 2 is 1.87 bits per heavy atom. The van der Waals surface area contributed by atoms with Crippen LogP contribution in [0.1, 0.15) is 67.1 Å². The summed E-state index contributed by atoms with van der Waals surface area (Å²) >= 11 is 0. The molecule has 1 aromatic carbocycles. The summed E-state index contributed by atoms with van der Waals surface area (Å²) in [5, 5.41) is 9.08. The number of aromatic amines is 1. The van der Waals surface area contributed by atoms with Gasteiger partial charge in [0.05, 0.1) is 5.41 Å². The number of benzene rings is 1. The quantitative estimate of drug-likeness (QED) is 0.378. The minimum atomic E-state index is -2.78. The van der Waals surface area contributed by atoms with E-state index in [-0.39, 0.29) is 18.4 Å². The Labute approximate surface area is 223 Å². The maximum absolute atomic E-state index is 14.3. The number of aryl methyl sites for hydroxylation is 1. The molecule has 1 aliphatic heterocycles. The zero-order valence-corrected chi connectivity index (χ0v) is 21.8. The number of fused-ring (bicyclic) bond motifs is 1. The number of nitrogens with zero attached hydrogens (tertiary/aromatic N) is 5. The minimum absolute atomic E-state index is 0.174. The molecular weight excluding hydrogens is 505 g/mol. The van der Waals surface area contributed by atoms with E-state index < -0.39 is 17.5 Å². The molecule has 1 saturated heterocycles. The average Bonchev–Trinajstić information content (AvgIpc) is 3.51. The fourth-order valence-corrected chi connectivity index (χ4v) is 6.58. The van der Waals surface area contributed by atoms with E-state index in [1.165, 1.54) is 6.33 Å². The molecule has 39 heavy (non-hydrogen) atoms. The van der Waals surface area contributed by atoms with Crippen LogP contribution in [0.4, 0.5) is 13.2 Å². The Kier molecular flexibility index (Phi) is 5.56. The fraction of sp³-hybridized carbons (Fsp3) is 0.483. The molecule has 0 atom stereocenters. The van der Waals surface area contributed by atoms with Gasteiger partial charge in [0.15, 0.2) is 0 Å². The van der Waals surface area contributed by atoms with Gasteiger partial charge < -0.3 is 9.55 Å². The van der Waals surface area contributed by atoms with Crippen LogP contribution in [0.5, 0.6) is 0 Å². The molecule has 2 saturated carbocycles. The van der Waals surface area contributed by atoms with E-state index in [2.05, 4.69) is 26.1 Å². The van der Waals surface area contributed by atoms with Crippen molar-refractivity contribution in [1.29, 1.82) is 0 Å². The summed E-state index contributed by atoms with van der Waals surface area (Å²) < 4.78 is 45.6. The molecule has 7 rings (SSSR count). The maximum atomic E-state index is 14.3. The summed E-state index contributed by atoms with van der Waals surface area (Å²) in [7, 11) is 1.76. The molecule has 1 N–H and O–H groups in total. The lowest BCUT2D eigenvalue weighted by Gasteiger charge is -2.46. The van der Waals surface area contributed by atoms with E-state index >= 15 is 0 Å². The number of aromatic nitrogens is 5. The fourth-order valence-electron chi connectivity index (χ4n) is 6.58. The average molecular weight is 537 g/mol. The van der Waals surface area contributed by atoms with Gasteiger partial charge in [-0.1, -0.05) is 12.1 Å². The number of pyridine rings is 1. The van der Waals surface area contributed by atoms with Crippen molar-refractivity contribution in [3.05, 3.63) is 75.9 Å². The Bertz CT molecular complexity index is 1600. The number of nitrogens with one attached hydrogen (secondary N) is 1. The first-order valence-corrected chi connectivity index (χ1v) is 13.7. The topological polar surface area (TPSA) is 71.7 Å². The van der Waals surface area contributed by atoms with Crippen molar-refractivity contribution >= 4 is 10.9 Å². The van der Waals surface area contributed by atoms with Crippen molar-refractivity contribution in [2.45, 2.75) is 68.5 Å². The van der Waals surface area contributed by atoms with Crippen LogP contribution >= 0.6 is 0 Å². The van der Waals surface area contributed by atoms with Crippen molar-refractivity contribution in [2.24, 2.45) is 7.05 Å². The van der Waals surface area contributed by atoms with Gasteiger partial charge in [-0.25, -0.2) is 13.2 Å². The highest BCUT2D eigenvalue weighted by atomic mass is 19.3. The number of piperidine rings is 1. The first-order chi connectivity index (χ1) is 18.7. The van der Waals surface area contributed by atoms with Gasteiger partial charge in [-0.3, -0.25) is 14.3 Å². The van der Waals surface area contributed by atoms with E-state index in [1.807, 2.05) is 30.5 Å². The number of rotatable bonds is 6. The van der Waals surface area contributed by atoms with E-state index in [0.29, 0.717) is 61.0 Å². The smallest absolute Gasteiger partial charge is 0.279 e.